The van der Waals surface area contributed by atoms with Gasteiger partial charge in [0.25, 0.3) is 5.91 Å². The molecule has 1 saturated heterocycles. The van der Waals surface area contributed by atoms with E-state index < -0.39 is 0 Å². The van der Waals surface area contributed by atoms with E-state index >= 15 is 0 Å². The molecule has 3 aromatic carbocycles. The molecule has 1 aliphatic rings. The minimum absolute atomic E-state index is 0.0485. The molecule has 176 valence electrons. The van der Waals surface area contributed by atoms with Gasteiger partial charge in [0.2, 0.25) is 11.8 Å². The summed E-state index contributed by atoms with van der Waals surface area (Å²) in [5.74, 6) is -0.756. The van der Waals surface area contributed by atoms with Crippen LogP contribution in [0.2, 0.25) is 5.02 Å². The van der Waals surface area contributed by atoms with E-state index in [2.05, 4.69) is 0 Å². The van der Waals surface area contributed by atoms with Gasteiger partial charge < -0.3 is 14.5 Å². The highest BCUT2D eigenvalue weighted by molar-refractivity contribution is 6.31. The van der Waals surface area contributed by atoms with Crippen molar-refractivity contribution in [2.45, 2.75) is 6.92 Å². The maximum Gasteiger partial charge on any atom is 0.254 e. The molecule has 1 aliphatic heterocycles. The smallest absolute Gasteiger partial charge is 0.254 e. The molecule has 3 aromatic rings. The van der Waals surface area contributed by atoms with E-state index in [0.717, 1.165) is 16.3 Å². The van der Waals surface area contributed by atoms with Crippen LogP contribution in [0, 0.1) is 6.92 Å². The minimum Gasteiger partial charge on any atom is -0.383 e. The molecular weight excluding hydrogens is 454 g/mol. The number of carbonyl (C=O) groups is 3. The van der Waals surface area contributed by atoms with Gasteiger partial charge in [0.1, 0.15) is 19.8 Å². The average Bonchev–Trinajstić information content (AvgIpc) is 3.24. The van der Waals surface area contributed by atoms with Crippen molar-refractivity contribution in [1.82, 2.24) is 9.80 Å². The predicted octanol–water partition coefficient (Wildman–Crippen LogP) is 3.72. The van der Waals surface area contributed by atoms with Crippen LogP contribution in [0.3, 0.4) is 0 Å². The fourth-order valence-corrected chi connectivity index (χ4v) is 4.21. The van der Waals surface area contributed by atoms with Gasteiger partial charge in [-0.3, -0.25) is 19.3 Å². The Morgan fingerprint density at radius 2 is 1.82 bits per heavy atom. The number of anilines is 1. The van der Waals surface area contributed by atoms with Gasteiger partial charge in [-0.15, -0.1) is 0 Å². The van der Waals surface area contributed by atoms with Crippen LogP contribution in [0.25, 0.3) is 10.8 Å². The maximum atomic E-state index is 13.3. The number of rotatable bonds is 7. The molecule has 0 saturated carbocycles. The lowest BCUT2D eigenvalue weighted by Crippen LogP contribution is -2.44. The zero-order valence-electron chi connectivity index (χ0n) is 19.2. The van der Waals surface area contributed by atoms with Crippen molar-refractivity contribution in [2.24, 2.45) is 0 Å². The maximum absolute atomic E-state index is 13.3. The number of amides is 3. The number of fused-ring (bicyclic) bond motifs is 1. The highest BCUT2D eigenvalue weighted by Gasteiger charge is 2.34. The molecule has 1 fully saturated rings. The van der Waals surface area contributed by atoms with Crippen molar-refractivity contribution in [2.75, 3.05) is 44.9 Å². The lowest BCUT2D eigenvalue weighted by atomic mass is 10.1. The van der Waals surface area contributed by atoms with Crippen molar-refractivity contribution < 1.29 is 19.1 Å². The summed E-state index contributed by atoms with van der Waals surface area (Å²) in [5, 5.41) is 2.54. The standard InChI is InChI=1S/C26H26ClN3O4/c1-18-22(27)8-5-9-23(18)30-17-29(16-25(30)32)24(31)15-28(12-13-34-2)26(33)21-11-10-19-6-3-4-7-20(19)14-21/h3-11,14H,12-13,15-17H2,1-2H3. The number of ether oxygens (including phenoxy) is 1. The molecule has 0 N–H and O–H groups in total. The molecule has 0 radical (unpaired) electrons. The van der Waals surface area contributed by atoms with E-state index in [9.17, 15) is 14.4 Å². The van der Waals surface area contributed by atoms with Crippen LogP contribution >= 0.6 is 11.6 Å². The van der Waals surface area contributed by atoms with E-state index in [0.29, 0.717) is 22.9 Å². The Kier molecular flexibility index (Phi) is 7.14. The Morgan fingerprint density at radius 3 is 2.59 bits per heavy atom. The first-order valence-corrected chi connectivity index (χ1v) is 11.4. The molecule has 8 heteroatoms. The van der Waals surface area contributed by atoms with Gasteiger partial charge in [0.15, 0.2) is 0 Å². The zero-order chi connectivity index (χ0) is 24.2. The number of halogens is 1. The van der Waals surface area contributed by atoms with E-state index in [-0.39, 0.29) is 44.0 Å². The summed E-state index contributed by atoms with van der Waals surface area (Å²) >= 11 is 6.21. The third kappa shape index (κ3) is 4.90. The molecule has 0 aromatic heterocycles. The van der Waals surface area contributed by atoms with Gasteiger partial charge in [-0.25, -0.2) is 0 Å². The Labute approximate surface area is 203 Å². The van der Waals surface area contributed by atoms with Crippen molar-refractivity contribution in [1.29, 1.82) is 0 Å². The van der Waals surface area contributed by atoms with Crippen molar-refractivity contribution >= 4 is 45.8 Å². The van der Waals surface area contributed by atoms with Crippen molar-refractivity contribution in [3.63, 3.8) is 0 Å². The highest BCUT2D eigenvalue weighted by Crippen LogP contribution is 2.28. The predicted molar refractivity (Wildman–Crippen MR) is 132 cm³/mol. The van der Waals surface area contributed by atoms with Crippen LogP contribution in [-0.2, 0) is 14.3 Å². The topological polar surface area (TPSA) is 70.2 Å². The average molecular weight is 480 g/mol. The summed E-state index contributed by atoms with van der Waals surface area (Å²) in [4.78, 5) is 43.6. The SMILES string of the molecule is COCCN(CC(=O)N1CC(=O)N(c2cccc(Cl)c2C)C1)C(=O)c1ccc2ccccc2c1. The van der Waals surface area contributed by atoms with Crippen LogP contribution in [0.4, 0.5) is 5.69 Å². The largest absolute Gasteiger partial charge is 0.383 e. The van der Waals surface area contributed by atoms with Crippen LogP contribution in [0.5, 0.6) is 0 Å². The quantitative estimate of drug-likeness (QED) is 0.518. The Balaban J connectivity index is 1.50. The van der Waals surface area contributed by atoms with E-state index in [4.69, 9.17) is 16.3 Å². The number of methoxy groups -OCH3 is 1. The van der Waals surface area contributed by atoms with Gasteiger partial charge in [-0.05, 0) is 47.5 Å². The van der Waals surface area contributed by atoms with Gasteiger partial charge in [0, 0.05) is 29.9 Å². The fourth-order valence-electron chi connectivity index (χ4n) is 4.04. The Morgan fingerprint density at radius 1 is 1.06 bits per heavy atom. The van der Waals surface area contributed by atoms with Gasteiger partial charge >= 0.3 is 0 Å². The summed E-state index contributed by atoms with van der Waals surface area (Å²) in [6, 6.07) is 18.6. The molecule has 34 heavy (non-hydrogen) atoms. The second-order valence-electron chi connectivity index (χ2n) is 8.22. The molecule has 0 bridgehead atoms. The summed E-state index contributed by atoms with van der Waals surface area (Å²) < 4.78 is 5.16. The van der Waals surface area contributed by atoms with Gasteiger partial charge in [-0.1, -0.05) is 48.0 Å². The first-order valence-electron chi connectivity index (χ1n) is 11.0. The lowest BCUT2D eigenvalue weighted by molar-refractivity contribution is -0.132. The van der Waals surface area contributed by atoms with Crippen molar-refractivity contribution in [3.05, 3.63) is 76.8 Å². The molecule has 3 amide bonds. The normalized spacial score (nSPS) is 13.6. The number of carbonyl (C=O) groups excluding carboxylic acids is 3. The van der Waals surface area contributed by atoms with Crippen LogP contribution in [0.15, 0.2) is 60.7 Å². The minimum atomic E-state index is -0.305. The molecule has 0 aliphatic carbocycles. The molecule has 4 rings (SSSR count). The monoisotopic (exact) mass is 479 g/mol. The molecule has 0 spiro atoms. The Hall–Kier alpha value is -3.42. The zero-order valence-corrected chi connectivity index (χ0v) is 19.9. The Bertz CT molecular complexity index is 1250. The van der Waals surface area contributed by atoms with E-state index in [1.807, 2.05) is 43.3 Å². The van der Waals surface area contributed by atoms with Crippen LogP contribution in [0.1, 0.15) is 15.9 Å². The third-order valence-electron chi connectivity index (χ3n) is 6.00. The van der Waals surface area contributed by atoms with E-state index in [1.54, 1.807) is 36.3 Å². The number of nitrogens with zero attached hydrogens (tertiary/aromatic N) is 3. The number of hydrogen-bond acceptors (Lipinski definition) is 4. The first kappa shape index (κ1) is 23.7. The molecule has 0 unspecified atom stereocenters. The number of benzene rings is 3. The second kappa shape index (κ2) is 10.2. The summed E-state index contributed by atoms with van der Waals surface area (Å²) in [6.07, 6.45) is 0. The molecule has 7 nitrogen and oxygen atoms in total. The summed E-state index contributed by atoms with van der Waals surface area (Å²) in [6.45, 7) is 2.30. The van der Waals surface area contributed by atoms with E-state index in [1.165, 1.54) is 9.80 Å². The van der Waals surface area contributed by atoms with Gasteiger partial charge in [0.05, 0.1) is 6.61 Å². The second-order valence-corrected chi connectivity index (χ2v) is 8.63. The van der Waals surface area contributed by atoms with Crippen molar-refractivity contribution in [3.8, 4) is 0 Å². The van der Waals surface area contributed by atoms with Crippen LogP contribution < -0.4 is 4.90 Å². The highest BCUT2D eigenvalue weighted by atomic mass is 35.5. The molecule has 1 heterocycles. The summed E-state index contributed by atoms with van der Waals surface area (Å²) in [7, 11) is 1.55. The van der Waals surface area contributed by atoms with Gasteiger partial charge in [-0.2, -0.15) is 0 Å². The lowest BCUT2D eigenvalue weighted by Gasteiger charge is -2.25. The molecular formula is C26H26ClN3O4. The third-order valence-corrected chi connectivity index (χ3v) is 6.41. The van der Waals surface area contributed by atoms with Crippen LogP contribution in [-0.4, -0.2) is 67.5 Å². The first-order chi connectivity index (χ1) is 16.4. The fraction of sp³-hybridized carbons (Fsp3) is 0.269. The number of hydrogen-bond donors (Lipinski definition) is 0. The summed E-state index contributed by atoms with van der Waals surface area (Å²) in [5.41, 5.74) is 1.95. The molecule has 0 atom stereocenters.